The molecule has 57 heavy (non-hydrogen) atoms. The van der Waals surface area contributed by atoms with E-state index in [-0.39, 0.29) is 17.7 Å². The van der Waals surface area contributed by atoms with Crippen LogP contribution < -0.4 is 20.3 Å². The summed E-state index contributed by atoms with van der Waals surface area (Å²) < 4.78 is 9.63. The molecule has 1 aliphatic carbocycles. The van der Waals surface area contributed by atoms with Crippen molar-refractivity contribution in [2.75, 3.05) is 50.1 Å². The van der Waals surface area contributed by atoms with Crippen LogP contribution in [0, 0.1) is 25.2 Å². The quantitative estimate of drug-likeness (QED) is 0.164. The number of piperidine rings is 3. The number of methoxy groups -OCH3 is 1. The van der Waals surface area contributed by atoms with Gasteiger partial charge in [-0.25, -0.2) is 0 Å². The third kappa shape index (κ3) is 7.37. The fourth-order valence-corrected chi connectivity index (χ4v) is 10.1. The first-order chi connectivity index (χ1) is 27.6. The number of nitrogens with zero attached hydrogens (tertiary/aromatic N) is 7. The van der Waals surface area contributed by atoms with Crippen LogP contribution in [0.15, 0.2) is 55.0 Å². The summed E-state index contributed by atoms with van der Waals surface area (Å²) >= 11 is 0. The van der Waals surface area contributed by atoms with E-state index in [1.165, 1.54) is 63.8 Å². The van der Waals surface area contributed by atoms with Gasteiger partial charge in [0.15, 0.2) is 0 Å². The number of carbonyl (C=O) groups is 3. The molecule has 2 N–H and O–H groups in total. The molecule has 1 saturated carbocycles. The van der Waals surface area contributed by atoms with Crippen molar-refractivity contribution < 1.29 is 19.1 Å². The Bertz CT molecular complexity index is 2320. The molecule has 4 aliphatic rings. The van der Waals surface area contributed by atoms with Crippen LogP contribution >= 0.6 is 0 Å². The molecule has 1 atom stereocenters. The summed E-state index contributed by atoms with van der Waals surface area (Å²) in [5, 5.41) is 17.4. The number of benzene rings is 2. The van der Waals surface area contributed by atoms with Crippen LogP contribution in [0.5, 0.6) is 5.75 Å². The minimum atomic E-state index is -0.457. The highest BCUT2D eigenvalue weighted by Gasteiger charge is 2.39. The van der Waals surface area contributed by atoms with E-state index in [4.69, 9.17) is 14.9 Å². The first kappa shape index (κ1) is 37.3. The number of nitrogens with one attached hydrogen (secondary N) is 2. The predicted molar refractivity (Wildman–Crippen MR) is 220 cm³/mol. The number of amides is 3. The van der Waals surface area contributed by atoms with Crippen molar-refractivity contribution in [2.45, 2.75) is 90.1 Å². The van der Waals surface area contributed by atoms with Crippen molar-refractivity contribution in [3.8, 4) is 5.75 Å². The summed E-state index contributed by atoms with van der Waals surface area (Å²) in [6.45, 7) is 9.56. The third-order valence-corrected chi connectivity index (χ3v) is 13.4. The number of pyridine rings is 1. The van der Waals surface area contributed by atoms with E-state index in [2.05, 4.69) is 54.5 Å². The molecule has 298 valence electrons. The second-order valence-electron chi connectivity index (χ2n) is 17.1. The van der Waals surface area contributed by atoms with Gasteiger partial charge in [-0.05, 0) is 126 Å². The molecule has 0 radical (unpaired) electrons. The molecule has 13 heteroatoms. The van der Waals surface area contributed by atoms with Crippen LogP contribution in [0.25, 0.3) is 21.8 Å². The molecule has 6 heterocycles. The van der Waals surface area contributed by atoms with Crippen molar-refractivity contribution in [3.63, 3.8) is 0 Å². The highest BCUT2D eigenvalue weighted by molar-refractivity contribution is 6.06. The molecule has 0 bridgehead atoms. The maximum atomic E-state index is 13.0. The van der Waals surface area contributed by atoms with Gasteiger partial charge in [-0.15, -0.1) is 0 Å². The molecule has 3 aromatic heterocycles. The van der Waals surface area contributed by atoms with Gasteiger partial charge < -0.3 is 19.9 Å². The van der Waals surface area contributed by atoms with Crippen molar-refractivity contribution in [3.05, 3.63) is 71.8 Å². The molecule has 2 aromatic carbocycles. The lowest BCUT2D eigenvalue weighted by Crippen LogP contribution is -2.48. The second kappa shape index (κ2) is 15.2. The van der Waals surface area contributed by atoms with Crippen LogP contribution in [-0.4, -0.2) is 87.0 Å². The van der Waals surface area contributed by atoms with Crippen molar-refractivity contribution >= 4 is 50.9 Å². The van der Waals surface area contributed by atoms with Gasteiger partial charge in [0.2, 0.25) is 5.91 Å². The van der Waals surface area contributed by atoms with Crippen molar-refractivity contribution in [1.82, 2.24) is 34.8 Å². The number of hydrogen-bond donors (Lipinski definition) is 2. The topological polar surface area (TPSA) is 140 Å². The summed E-state index contributed by atoms with van der Waals surface area (Å²) in [5.74, 6) is 0.611. The van der Waals surface area contributed by atoms with Crippen LogP contribution in [0.1, 0.15) is 97.9 Å². The molecule has 13 nitrogen and oxygen atoms in total. The lowest BCUT2D eigenvalue weighted by atomic mass is 9.71. The number of aryl methyl sites for hydroxylation is 2. The number of rotatable bonds is 8. The van der Waals surface area contributed by atoms with Crippen molar-refractivity contribution in [1.29, 1.82) is 0 Å². The summed E-state index contributed by atoms with van der Waals surface area (Å²) in [7, 11) is 1.61. The number of carbonyl (C=O) groups excluding carboxylic acids is 3. The first-order valence-electron chi connectivity index (χ1n) is 20.7. The molecule has 1 unspecified atom stereocenters. The van der Waals surface area contributed by atoms with E-state index >= 15 is 0 Å². The SMILES string of the molecule is COc1cc2nn(C3CCC(CN4CCC5(CC4)CCN(c4cccc6c4c(C)nn6C4CCC(=O)NC4=O)CC5)CC3)cc2cc1NC(=O)c1cncc(C)c1. The number of likely N-dealkylation sites (tertiary alicyclic amines) is 1. The summed E-state index contributed by atoms with van der Waals surface area (Å²) in [4.78, 5) is 46.9. The number of ether oxygens (including phenoxy) is 1. The lowest BCUT2D eigenvalue weighted by Gasteiger charge is -2.48. The molecule has 3 saturated heterocycles. The maximum Gasteiger partial charge on any atom is 0.257 e. The minimum absolute atomic E-state index is 0.207. The smallest absolute Gasteiger partial charge is 0.257 e. The number of aromatic nitrogens is 5. The Morgan fingerprint density at radius 2 is 1.72 bits per heavy atom. The Hall–Kier alpha value is -5.30. The van der Waals surface area contributed by atoms with E-state index in [9.17, 15) is 14.4 Å². The second-order valence-corrected chi connectivity index (χ2v) is 17.1. The fraction of sp³-hybridized carbons (Fsp3) is 0.500. The first-order valence-corrected chi connectivity index (χ1v) is 20.7. The van der Waals surface area contributed by atoms with E-state index in [1.54, 1.807) is 19.5 Å². The van der Waals surface area contributed by atoms with Crippen LogP contribution in [0.2, 0.25) is 0 Å². The Morgan fingerprint density at radius 1 is 0.947 bits per heavy atom. The Labute approximate surface area is 333 Å². The van der Waals surface area contributed by atoms with Crippen LogP contribution in [0.4, 0.5) is 11.4 Å². The van der Waals surface area contributed by atoms with Gasteiger partial charge in [-0.1, -0.05) is 6.07 Å². The molecule has 3 amide bonds. The zero-order chi connectivity index (χ0) is 39.3. The molecule has 9 rings (SSSR count). The van der Waals surface area contributed by atoms with E-state index < -0.39 is 6.04 Å². The average molecular weight is 772 g/mol. The summed E-state index contributed by atoms with van der Waals surface area (Å²) in [5.41, 5.74) is 6.45. The fourth-order valence-electron chi connectivity index (χ4n) is 10.1. The number of anilines is 2. The molecule has 4 fully saturated rings. The molecule has 1 spiro atoms. The lowest BCUT2D eigenvalue weighted by molar-refractivity contribution is -0.135. The number of fused-ring (bicyclic) bond motifs is 2. The van der Waals surface area contributed by atoms with Gasteiger partial charge >= 0.3 is 0 Å². The zero-order valence-electron chi connectivity index (χ0n) is 33.3. The molecular weight excluding hydrogens is 719 g/mol. The van der Waals surface area contributed by atoms with Gasteiger partial charge in [-0.2, -0.15) is 10.2 Å². The predicted octanol–water partition coefficient (Wildman–Crippen LogP) is 6.75. The summed E-state index contributed by atoms with van der Waals surface area (Å²) in [6, 6.07) is 11.9. The normalized spacial score (nSPS) is 22.9. The number of hydrogen-bond acceptors (Lipinski definition) is 9. The molecular formula is C44H53N9O4. The Morgan fingerprint density at radius 3 is 2.46 bits per heavy atom. The summed E-state index contributed by atoms with van der Waals surface area (Å²) in [6.07, 6.45) is 15.8. The van der Waals surface area contributed by atoms with E-state index in [0.29, 0.717) is 47.2 Å². The van der Waals surface area contributed by atoms with Crippen molar-refractivity contribution in [2.24, 2.45) is 11.3 Å². The zero-order valence-corrected chi connectivity index (χ0v) is 33.3. The highest BCUT2D eigenvalue weighted by Crippen LogP contribution is 2.44. The minimum Gasteiger partial charge on any atom is -0.494 e. The van der Waals surface area contributed by atoms with Crippen LogP contribution in [0.3, 0.4) is 0 Å². The maximum absolute atomic E-state index is 13.0. The largest absolute Gasteiger partial charge is 0.494 e. The Balaban J connectivity index is 0.769. The highest BCUT2D eigenvalue weighted by atomic mass is 16.5. The Kier molecular flexibility index (Phi) is 9.96. The van der Waals surface area contributed by atoms with Crippen LogP contribution in [-0.2, 0) is 9.59 Å². The van der Waals surface area contributed by atoms with E-state index in [1.807, 2.05) is 36.7 Å². The molecule has 5 aromatic rings. The van der Waals surface area contributed by atoms with E-state index in [0.717, 1.165) is 59.0 Å². The third-order valence-electron chi connectivity index (χ3n) is 13.4. The standard InChI is InChI=1S/C44H53N9O4/c1-28-21-31(25-45-24-28)42(55)46-35-22-32-27-52(49-34(32)23-39(35)57-3)33-9-7-30(8-10-33)26-50-17-13-44(14-18-50)15-19-51(20-16-44)36-5-4-6-37-41(36)29(2)48-53(37)38-11-12-40(54)47-43(38)56/h4-6,21-25,27,30,33,38H,7-20,26H2,1-3H3,(H,46,55)(H,47,54,56). The monoisotopic (exact) mass is 771 g/mol. The van der Waals surface area contributed by atoms with Gasteiger partial charge in [0, 0.05) is 67.2 Å². The van der Waals surface area contributed by atoms with Gasteiger partial charge in [0.05, 0.1) is 41.1 Å². The number of imide groups is 1. The molecule has 3 aliphatic heterocycles. The van der Waals surface area contributed by atoms with Gasteiger partial charge in [0.1, 0.15) is 11.8 Å². The average Bonchev–Trinajstić information content (AvgIpc) is 3.79. The van der Waals surface area contributed by atoms with Gasteiger partial charge in [0.25, 0.3) is 11.8 Å². The van der Waals surface area contributed by atoms with Gasteiger partial charge in [-0.3, -0.25) is 34.0 Å².